The maximum absolute atomic E-state index is 11.0. The lowest BCUT2D eigenvalue weighted by molar-refractivity contribution is -0.155. The fraction of sp³-hybridized carbons (Fsp3) is 0.700. The second-order valence-corrected chi connectivity index (χ2v) is 2.80. The second-order valence-electron chi connectivity index (χ2n) is 2.80. The van der Waals surface area contributed by atoms with E-state index in [1.54, 1.807) is 13.0 Å². The maximum Gasteiger partial charge on any atom is 0.306 e. The van der Waals surface area contributed by atoms with E-state index in [1.165, 1.54) is 0 Å². The van der Waals surface area contributed by atoms with Gasteiger partial charge in [-0.2, -0.15) is 0 Å². The second kappa shape index (κ2) is 4.96. The summed E-state index contributed by atoms with van der Waals surface area (Å²) in [5.74, 6) is -0.154. The first-order valence-corrected chi connectivity index (χ1v) is 4.49. The van der Waals surface area contributed by atoms with Crippen LogP contribution in [0.5, 0.6) is 0 Å². The van der Waals surface area contributed by atoms with E-state index in [9.17, 15) is 4.79 Å². The quantitative estimate of drug-likeness (QED) is 0.468. The molecule has 0 aromatic carbocycles. The molecule has 70 valence electrons. The molecule has 0 atom stereocenters. The molecule has 0 N–H and O–H groups in total. The average Bonchev–Trinajstić information content (AvgIpc) is 2.14. The molecule has 0 saturated carbocycles. The van der Waals surface area contributed by atoms with Crippen molar-refractivity contribution in [2.24, 2.45) is 0 Å². The van der Waals surface area contributed by atoms with Gasteiger partial charge in [-0.3, -0.25) is 4.79 Å². The van der Waals surface area contributed by atoms with Crippen LogP contribution in [0.3, 0.4) is 0 Å². The van der Waals surface area contributed by atoms with E-state index < -0.39 is 5.60 Å². The van der Waals surface area contributed by atoms with E-state index >= 15 is 0 Å². The van der Waals surface area contributed by atoms with Gasteiger partial charge in [0.05, 0.1) is 0 Å². The molecule has 0 unspecified atom stereocenters. The zero-order valence-electron chi connectivity index (χ0n) is 8.22. The Hall–Kier alpha value is -0.790. The van der Waals surface area contributed by atoms with Gasteiger partial charge in [-0.15, -0.1) is 0 Å². The summed E-state index contributed by atoms with van der Waals surface area (Å²) in [6, 6.07) is 0. The largest absolute Gasteiger partial charge is 0.455 e. The number of carbonyl (C=O) groups is 1. The fourth-order valence-corrected chi connectivity index (χ4v) is 1.02. The standard InChI is InChI=1S/C10H18O2/c1-5-9(11)12-10(6-2,7-3)8-4/h6H,2,5,7-8H2,1,3-4H3. The van der Waals surface area contributed by atoms with Crippen LogP contribution in [0.15, 0.2) is 12.7 Å². The van der Waals surface area contributed by atoms with Crippen LogP contribution in [-0.2, 0) is 9.53 Å². The first kappa shape index (κ1) is 11.2. The SMILES string of the molecule is C=CC(CC)(CC)OC(=O)CC. The zero-order chi connectivity index (χ0) is 9.61. The summed E-state index contributed by atoms with van der Waals surface area (Å²) in [4.78, 5) is 11.0. The van der Waals surface area contributed by atoms with E-state index in [0.717, 1.165) is 12.8 Å². The Balaban J connectivity index is 4.29. The van der Waals surface area contributed by atoms with Crippen LogP contribution in [0.25, 0.3) is 0 Å². The van der Waals surface area contributed by atoms with Crippen molar-refractivity contribution < 1.29 is 9.53 Å². The van der Waals surface area contributed by atoms with Gasteiger partial charge in [0.2, 0.25) is 0 Å². The van der Waals surface area contributed by atoms with Gasteiger partial charge in [0.25, 0.3) is 0 Å². The third-order valence-electron chi connectivity index (χ3n) is 2.17. The lowest BCUT2D eigenvalue weighted by atomic mass is 9.97. The summed E-state index contributed by atoms with van der Waals surface area (Å²) in [7, 11) is 0. The van der Waals surface area contributed by atoms with Gasteiger partial charge in [0.1, 0.15) is 5.60 Å². The molecule has 2 heteroatoms. The predicted molar refractivity (Wildman–Crippen MR) is 49.9 cm³/mol. The van der Waals surface area contributed by atoms with Gasteiger partial charge in [-0.05, 0) is 18.9 Å². The molecule has 2 nitrogen and oxygen atoms in total. The van der Waals surface area contributed by atoms with Crippen LogP contribution in [0.4, 0.5) is 0 Å². The summed E-state index contributed by atoms with van der Waals surface area (Å²) in [6.07, 6.45) is 3.73. The van der Waals surface area contributed by atoms with Crippen molar-refractivity contribution in [2.45, 2.75) is 45.6 Å². The van der Waals surface area contributed by atoms with E-state index in [1.807, 2.05) is 13.8 Å². The molecule has 0 radical (unpaired) electrons. The lowest BCUT2D eigenvalue weighted by Gasteiger charge is -2.27. The molecule has 0 bridgehead atoms. The van der Waals surface area contributed by atoms with Gasteiger partial charge in [0.15, 0.2) is 0 Å². The molecule has 0 fully saturated rings. The van der Waals surface area contributed by atoms with Crippen LogP contribution < -0.4 is 0 Å². The van der Waals surface area contributed by atoms with Crippen molar-refractivity contribution in [3.8, 4) is 0 Å². The highest BCUT2D eigenvalue weighted by Crippen LogP contribution is 2.22. The Morgan fingerprint density at radius 3 is 2.17 bits per heavy atom. The summed E-state index contributed by atoms with van der Waals surface area (Å²) in [5.41, 5.74) is -0.437. The van der Waals surface area contributed by atoms with Crippen molar-refractivity contribution in [1.82, 2.24) is 0 Å². The number of hydrogen-bond donors (Lipinski definition) is 0. The molecule has 12 heavy (non-hydrogen) atoms. The van der Waals surface area contributed by atoms with Gasteiger partial charge in [-0.1, -0.05) is 27.4 Å². The number of carbonyl (C=O) groups excluding carboxylic acids is 1. The topological polar surface area (TPSA) is 26.3 Å². The summed E-state index contributed by atoms with van der Waals surface area (Å²) < 4.78 is 5.28. The van der Waals surface area contributed by atoms with E-state index in [2.05, 4.69) is 6.58 Å². The predicted octanol–water partition coefficient (Wildman–Crippen LogP) is 2.68. The molecule has 0 rings (SSSR count). The first-order valence-electron chi connectivity index (χ1n) is 4.49. The van der Waals surface area contributed by atoms with E-state index in [4.69, 9.17) is 4.74 Å². The minimum atomic E-state index is -0.437. The van der Waals surface area contributed by atoms with Gasteiger partial charge >= 0.3 is 5.97 Å². The van der Waals surface area contributed by atoms with Crippen molar-refractivity contribution in [3.63, 3.8) is 0 Å². The molecule has 0 saturated heterocycles. The van der Waals surface area contributed by atoms with Crippen molar-refractivity contribution in [1.29, 1.82) is 0 Å². The molecule has 0 aliphatic rings. The van der Waals surface area contributed by atoms with Crippen LogP contribution in [0, 0.1) is 0 Å². The molecular weight excluding hydrogens is 152 g/mol. The van der Waals surface area contributed by atoms with Crippen molar-refractivity contribution >= 4 is 5.97 Å². The lowest BCUT2D eigenvalue weighted by Crippen LogP contribution is -2.31. The highest BCUT2D eigenvalue weighted by atomic mass is 16.6. The van der Waals surface area contributed by atoms with Crippen molar-refractivity contribution in [2.75, 3.05) is 0 Å². The molecule has 0 heterocycles. The van der Waals surface area contributed by atoms with Crippen LogP contribution in [-0.4, -0.2) is 11.6 Å². The van der Waals surface area contributed by atoms with E-state index in [-0.39, 0.29) is 5.97 Å². The van der Waals surface area contributed by atoms with Crippen LogP contribution >= 0.6 is 0 Å². The molecule has 0 aromatic heterocycles. The molecule has 0 spiro atoms. The Kier molecular flexibility index (Phi) is 4.64. The minimum absolute atomic E-state index is 0.154. The van der Waals surface area contributed by atoms with Crippen molar-refractivity contribution in [3.05, 3.63) is 12.7 Å². The van der Waals surface area contributed by atoms with Crippen LogP contribution in [0.1, 0.15) is 40.0 Å². The van der Waals surface area contributed by atoms with Crippen LogP contribution in [0.2, 0.25) is 0 Å². The Labute approximate surface area is 74.6 Å². The van der Waals surface area contributed by atoms with Gasteiger partial charge < -0.3 is 4.74 Å². The molecule has 0 amide bonds. The number of esters is 1. The maximum atomic E-state index is 11.0. The molecule has 0 aromatic rings. The Bertz CT molecular complexity index is 157. The summed E-state index contributed by atoms with van der Waals surface area (Å²) >= 11 is 0. The summed E-state index contributed by atoms with van der Waals surface area (Å²) in [5, 5.41) is 0. The number of rotatable bonds is 5. The van der Waals surface area contributed by atoms with Gasteiger partial charge in [-0.25, -0.2) is 0 Å². The zero-order valence-corrected chi connectivity index (χ0v) is 8.22. The fourth-order valence-electron chi connectivity index (χ4n) is 1.02. The highest BCUT2D eigenvalue weighted by Gasteiger charge is 2.25. The molecule has 0 aliphatic carbocycles. The van der Waals surface area contributed by atoms with Gasteiger partial charge in [0, 0.05) is 6.42 Å². The van der Waals surface area contributed by atoms with E-state index in [0.29, 0.717) is 6.42 Å². The Morgan fingerprint density at radius 1 is 1.42 bits per heavy atom. The third-order valence-corrected chi connectivity index (χ3v) is 2.17. The number of hydrogen-bond acceptors (Lipinski definition) is 2. The smallest absolute Gasteiger partial charge is 0.306 e. The normalized spacial score (nSPS) is 10.9. The monoisotopic (exact) mass is 170 g/mol. The Morgan fingerprint density at radius 2 is 1.92 bits per heavy atom. The minimum Gasteiger partial charge on any atom is -0.455 e. The summed E-state index contributed by atoms with van der Waals surface area (Å²) in [6.45, 7) is 9.47. The highest BCUT2D eigenvalue weighted by molar-refractivity contribution is 5.69. The molecular formula is C10H18O2. The first-order chi connectivity index (χ1) is 5.64. The molecule has 0 aliphatic heterocycles. The number of ether oxygens (including phenoxy) is 1. The average molecular weight is 170 g/mol. The third kappa shape index (κ3) is 2.68.